The number of hydrogen-bond donors (Lipinski definition) is 1. The van der Waals surface area contributed by atoms with Crippen molar-refractivity contribution in [3.8, 4) is 17.1 Å². The van der Waals surface area contributed by atoms with Crippen molar-refractivity contribution in [2.75, 3.05) is 25.9 Å². The highest BCUT2D eigenvalue weighted by Gasteiger charge is 2.27. The molecule has 6 rings (SSSR count). The molecule has 7 nitrogen and oxygen atoms in total. The molecule has 4 aromatic heterocycles. The van der Waals surface area contributed by atoms with E-state index in [0.717, 1.165) is 59.1 Å². The Morgan fingerprint density at radius 1 is 0.935 bits per heavy atom. The maximum Gasteiger partial charge on any atom is 0.165 e. The van der Waals surface area contributed by atoms with Gasteiger partial charge < -0.3 is 10.6 Å². The number of nitrogens with two attached hydrogens (primary N) is 1. The van der Waals surface area contributed by atoms with Crippen molar-refractivity contribution in [1.29, 1.82) is 0 Å². The first-order valence-electron chi connectivity index (χ1n) is 10.9. The average molecular weight is 412 g/mol. The number of hydrogen-bond acceptors (Lipinski definition) is 6. The second kappa shape index (κ2) is 7.13. The van der Waals surface area contributed by atoms with Crippen LogP contribution in [0.4, 0.5) is 5.82 Å². The molecule has 5 heterocycles. The number of likely N-dealkylation sites (tertiary alicyclic amines) is 1. The lowest BCUT2D eigenvalue weighted by atomic mass is 10.0. The molecule has 2 fully saturated rings. The van der Waals surface area contributed by atoms with E-state index in [4.69, 9.17) is 20.7 Å². The third-order valence-corrected chi connectivity index (χ3v) is 6.44. The van der Waals surface area contributed by atoms with E-state index >= 15 is 0 Å². The number of anilines is 1. The van der Waals surface area contributed by atoms with Gasteiger partial charge in [-0.1, -0.05) is 0 Å². The zero-order valence-electron chi connectivity index (χ0n) is 17.6. The molecule has 0 spiro atoms. The molecule has 0 aromatic carbocycles. The van der Waals surface area contributed by atoms with Crippen LogP contribution in [0.3, 0.4) is 0 Å². The van der Waals surface area contributed by atoms with Gasteiger partial charge in [0.1, 0.15) is 11.3 Å². The van der Waals surface area contributed by atoms with Gasteiger partial charge in [0.2, 0.25) is 0 Å². The molecule has 1 aliphatic carbocycles. The molecule has 2 N–H and O–H groups in total. The van der Waals surface area contributed by atoms with Gasteiger partial charge in [-0.15, -0.1) is 0 Å². The molecule has 156 valence electrons. The molecule has 1 saturated carbocycles. The summed E-state index contributed by atoms with van der Waals surface area (Å²) in [5, 5.41) is 0. The monoisotopic (exact) mass is 411 g/mol. The highest BCUT2D eigenvalue weighted by molar-refractivity contribution is 5.82. The second-order valence-electron chi connectivity index (χ2n) is 8.75. The van der Waals surface area contributed by atoms with Gasteiger partial charge in [0, 0.05) is 36.0 Å². The first-order valence-corrected chi connectivity index (χ1v) is 10.9. The SMILES string of the molecule is CN1CCC(c2ccc(-n3c(-c4cccnc4N)nc4ccc(C5CC5)nc43)cn2)C1. The summed E-state index contributed by atoms with van der Waals surface area (Å²) in [6.07, 6.45) is 7.21. The van der Waals surface area contributed by atoms with Crippen LogP contribution in [-0.4, -0.2) is 49.5 Å². The molecule has 4 aromatic rings. The quantitative estimate of drug-likeness (QED) is 0.550. The molecule has 1 saturated heterocycles. The lowest BCUT2D eigenvalue weighted by Crippen LogP contribution is -2.13. The van der Waals surface area contributed by atoms with Crippen molar-refractivity contribution in [3.05, 3.63) is 60.2 Å². The van der Waals surface area contributed by atoms with Crippen LogP contribution in [0.2, 0.25) is 0 Å². The molecular weight excluding hydrogens is 386 g/mol. The third kappa shape index (κ3) is 3.25. The van der Waals surface area contributed by atoms with Crippen LogP contribution in [0.25, 0.3) is 28.2 Å². The summed E-state index contributed by atoms with van der Waals surface area (Å²) in [5.74, 6) is 2.27. The first kappa shape index (κ1) is 18.4. The number of nitrogens with zero attached hydrogens (tertiary/aromatic N) is 6. The summed E-state index contributed by atoms with van der Waals surface area (Å²) < 4.78 is 2.08. The third-order valence-electron chi connectivity index (χ3n) is 6.44. The molecule has 1 atom stereocenters. The summed E-state index contributed by atoms with van der Waals surface area (Å²) in [6.45, 7) is 2.18. The van der Waals surface area contributed by atoms with Crippen molar-refractivity contribution in [1.82, 2.24) is 29.4 Å². The molecule has 0 amide bonds. The Hall–Kier alpha value is -3.32. The van der Waals surface area contributed by atoms with Crippen LogP contribution in [0, 0.1) is 0 Å². The summed E-state index contributed by atoms with van der Waals surface area (Å²) in [7, 11) is 2.17. The van der Waals surface area contributed by atoms with Crippen LogP contribution < -0.4 is 5.73 Å². The van der Waals surface area contributed by atoms with Crippen LogP contribution in [0.1, 0.15) is 42.5 Å². The number of nitrogen functional groups attached to an aromatic ring is 1. The van der Waals surface area contributed by atoms with Gasteiger partial charge in [0.25, 0.3) is 0 Å². The molecule has 2 aliphatic rings. The maximum atomic E-state index is 6.22. The lowest BCUT2D eigenvalue weighted by molar-refractivity contribution is 0.410. The maximum absolute atomic E-state index is 6.22. The Bertz CT molecular complexity index is 1260. The van der Waals surface area contributed by atoms with E-state index in [9.17, 15) is 0 Å². The minimum atomic E-state index is 0.458. The van der Waals surface area contributed by atoms with Crippen LogP contribution in [0.15, 0.2) is 48.8 Å². The number of imidazole rings is 1. The standard InChI is InChI=1S/C24H25N7/c1-30-12-10-16(14-30)19-7-6-17(13-27-19)31-23(18-3-2-11-26-22(18)25)29-21-9-8-20(15-4-5-15)28-24(21)31/h2-3,6-9,11,13,15-16H,4-5,10,12,14H2,1H3,(H2,25,26). The molecule has 7 heteroatoms. The number of likely N-dealkylation sites (N-methyl/N-ethyl adjacent to an activating group) is 1. The molecule has 0 bridgehead atoms. The summed E-state index contributed by atoms with van der Waals surface area (Å²) in [6, 6.07) is 12.3. The van der Waals surface area contributed by atoms with Crippen LogP contribution in [-0.2, 0) is 0 Å². The van der Waals surface area contributed by atoms with Crippen molar-refractivity contribution in [2.45, 2.75) is 31.1 Å². The summed E-state index contributed by atoms with van der Waals surface area (Å²) >= 11 is 0. The number of aromatic nitrogens is 5. The van der Waals surface area contributed by atoms with Gasteiger partial charge >= 0.3 is 0 Å². The van der Waals surface area contributed by atoms with Gasteiger partial charge in [-0.25, -0.2) is 15.0 Å². The van der Waals surface area contributed by atoms with E-state index in [-0.39, 0.29) is 0 Å². The molecule has 31 heavy (non-hydrogen) atoms. The Balaban J connectivity index is 1.51. The Morgan fingerprint density at radius 2 is 1.81 bits per heavy atom. The van der Waals surface area contributed by atoms with Crippen molar-refractivity contribution >= 4 is 17.0 Å². The highest BCUT2D eigenvalue weighted by atomic mass is 15.1. The van der Waals surface area contributed by atoms with E-state index in [0.29, 0.717) is 17.7 Å². The molecular formula is C24H25N7. The van der Waals surface area contributed by atoms with E-state index in [1.807, 2.05) is 18.3 Å². The fourth-order valence-electron chi connectivity index (χ4n) is 4.56. The number of fused-ring (bicyclic) bond motifs is 1. The van der Waals surface area contributed by atoms with Gasteiger partial charge in [0.15, 0.2) is 11.5 Å². The van der Waals surface area contributed by atoms with E-state index in [1.54, 1.807) is 6.20 Å². The topological polar surface area (TPSA) is 85.8 Å². The fourth-order valence-corrected chi connectivity index (χ4v) is 4.56. The van der Waals surface area contributed by atoms with Crippen LogP contribution in [0.5, 0.6) is 0 Å². The second-order valence-corrected chi connectivity index (χ2v) is 8.75. The minimum Gasteiger partial charge on any atom is -0.383 e. The molecule has 1 unspecified atom stereocenters. The van der Waals surface area contributed by atoms with Gasteiger partial charge in [-0.3, -0.25) is 9.55 Å². The van der Waals surface area contributed by atoms with Crippen LogP contribution >= 0.6 is 0 Å². The summed E-state index contributed by atoms with van der Waals surface area (Å²) in [4.78, 5) is 21.4. The molecule has 1 aliphatic heterocycles. The Morgan fingerprint density at radius 3 is 2.52 bits per heavy atom. The Labute approximate surface area is 181 Å². The largest absolute Gasteiger partial charge is 0.383 e. The predicted octanol–water partition coefficient (Wildman–Crippen LogP) is 3.76. The highest BCUT2D eigenvalue weighted by Crippen LogP contribution is 2.40. The van der Waals surface area contributed by atoms with Gasteiger partial charge in [-0.2, -0.15) is 0 Å². The zero-order valence-corrected chi connectivity index (χ0v) is 17.6. The average Bonchev–Trinajstić information content (AvgIpc) is 3.44. The van der Waals surface area contributed by atoms with Crippen molar-refractivity contribution in [3.63, 3.8) is 0 Å². The predicted molar refractivity (Wildman–Crippen MR) is 121 cm³/mol. The minimum absolute atomic E-state index is 0.458. The van der Waals surface area contributed by atoms with Crippen molar-refractivity contribution in [2.24, 2.45) is 0 Å². The van der Waals surface area contributed by atoms with E-state index < -0.39 is 0 Å². The zero-order chi connectivity index (χ0) is 20.9. The lowest BCUT2D eigenvalue weighted by Gasteiger charge is -2.13. The fraction of sp³-hybridized carbons (Fsp3) is 0.333. The summed E-state index contributed by atoms with van der Waals surface area (Å²) in [5.41, 5.74) is 11.9. The van der Waals surface area contributed by atoms with Gasteiger partial charge in [-0.05, 0) is 69.3 Å². The van der Waals surface area contributed by atoms with E-state index in [1.165, 1.54) is 12.8 Å². The van der Waals surface area contributed by atoms with E-state index in [2.05, 4.69) is 45.8 Å². The molecule has 0 radical (unpaired) electrons. The first-order chi connectivity index (χ1) is 15.2. The number of rotatable bonds is 4. The van der Waals surface area contributed by atoms with Gasteiger partial charge in [0.05, 0.1) is 17.4 Å². The Kier molecular flexibility index (Phi) is 4.24. The van der Waals surface area contributed by atoms with Crippen molar-refractivity contribution < 1.29 is 0 Å². The number of pyridine rings is 3. The normalized spacial score (nSPS) is 19.3. The smallest absolute Gasteiger partial charge is 0.165 e.